The summed E-state index contributed by atoms with van der Waals surface area (Å²) in [7, 11) is 1.81. The molecule has 0 radical (unpaired) electrons. The molecule has 0 aliphatic carbocycles. The van der Waals surface area contributed by atoms with E-state index < -0.39 is 0 Å². The molecule has 174 valence electrons. The third kappa shape index (κ3) is 7.34. The highest BCUT2D eigenvalue weighted by molar-refractivity contribution is 14.0. The number of rotatable bonds is 6. The van der Waals surface area contributed by atoms with Gasteiger partial charge >= 0.3 is 0 Å². The first-order valence-corrected chi connectivity index (χ1v) is 11.3. The predicted molar refractivity (Wildman–Crippen MR) is 137 cm³/mol. The molecule has 2 N–H and O–H groups in total. The minimum atomic E-state index is 0. The van der Waals surface area contributed by atoms with Crippen LogP contribution in [0.25, 0.3) is 0 Å². The lowest BCUT2D eigenvalue weighted by atomic mass is 9.78. The number of guanidine groups is 1. The van der Waals surface area contributed by atoms with Gasteiger partial charge in [0.25, 0.3) is 0 Å². The van der Waals surface area contributed by atoms with Crippen molar-refractivity contribution in [3.05, 3.63) is 35.4 Å². The second kappa shape index (κ2) is 12.0. The van der Waals surface area contributed by atoms with Crippen molar-refractivity contribution in [3.8, 4) is 0 Å². The maximum absolute atomic E-state index is 12.0. The predicted octanol–water partition coefficient (Wildman–Crippen LogP) is 3.93. The molecule has 6 nitrogen and oxygen atoms in total. The van der Waals surface area contributed by atoms with Crippen LogP contribution < -0.4 is 10.6 Å². The summed E-state index contributed by atoms with van der Waals surface area (Å²) in [6, 6.07) is 8.34. The SMILES string of the molecule is CN=C(NCc1ccccc1CN1CCCC1=O)NCC1CCCOC1C(C)(C)C.I. The lowest BCUT2D eigenvalue weighted by molar-refractivity contribution is -0.128. The molecule has 2 heterocycles. The first kappa shape index (κ1) is 25.9. The number of benzene rings is 1. The topological polar surface area (TPSA) is 66.0 Å². The maximum atomic E-state index is 12.0. The fourth-order valence-corrected chi connectivity index (χ4v) is 4.60. The van der Waals surface area contributed by atoms with Gasteiger partial charge in [0.15, 0.2) is 5.96 Å². The number of halogens is 1. The molecule has 2 atom stereocenters. The zero-order chi connectivity index (χ0) is 21.6. The lowest BCUT2D eigenvalue weighted by Crippen LogP contribution is -2.47. The molecule has 2 aliphatic heterocycles. The standard InChI is InChI=1S/C24H38N4O2.HI/c1-24(2,3)22-19(11-8-14-30-22)16-27-23(25-4)26-15-18-9-5-6-10-20(18)17-28-13-7-12-21(28)29;/h5-6,9-10,19,22H,7-8,11-17H2,1-4H3,(H2,25,26,27);1H. The summed E-state index contributed by atoms with van der Waals surface area (Å²) < 4.78 is 6.11. The summed E-state index contributed by atoms with van der Waals surface area (Å²) in [5.74, 6) is 1.55. The number of hydrogen-bond donors (Lipinski definition) is 2. The number of hydrogen-bond acceptors (Lipinski definition) is 3. The first-order valence-electron chi connectivity index (χ1n) is 11.3. The highest BCUT2D eigenvalue weighted by Crippen LogP contribution is 2.33. The molecular weight excluding hydrogens is 503 g/mol. The number of nitrogens with zero attached hydrogens (tertiary/aromatic N) is 2. The van der Waals surface area contributed by atoms with Crippen molar-refractivity contribution in [2.24, 2.45) is 16.3 Å². The summed E-state index contributed by atoms with van der Waals surface area (Å²) >= 11 is 0. The highest BCUT2D eigenvalue weighted by Gasteiger charge is 2.35. The monoisotopic (exact) mass is 542 g/mol. The Morgan fingerprint density at radius 2 is 1.94 bits per heavy atom. The molecule has 1 aromatic rings. The van der Waals surface area contributed by atoms with Gasteiger partial charge in [-0.2, -0.15) is 0 Å². The molecule has 31 heavy (non-hydrogen) atoms. The second-order valence-electron chi connectivity index (χ2n) is 9.55. The van der Waals surface area contributed by atoms with Crippen LogP contribution in [-0.2, 0) is 22.6 Å². The molecule has 1 amide bonds. The minimum absolute atomic E-state index is 0. The molecular formula is C24H39IN4O2. The van der Waals surface area contributed by atoms with Crippen LogP contribution in [0.2, 0.25) is 0 Å². The largest absolute Gasteiger partial charge is 0.377 e. The van der Waals surface area contributed by atoms with Crippen molar-refractivity contribution >= 4 is 35.8 Å². The molecule has 0 aromatic heterocycles. The van der Waals surface area contributed by atoms with Gasteiger partial charge in [-0.15, -0.1) is 24.0 Å². The van der Waals surface area contributed by atoms with E-state index >= 15 is 0 Å². The van der Waals surface area contributed by atoms with Crippen LogP contribution in [-0.4, -0.2) is 49.6 Å². The molecule has 0 spiro atoms. The van der Waals surface area contributed by atoms with Gasteiger partial charge in [-0.05, 0) is 35.8 Å². The van der Waals surface area contributed by atoms with Crippen molar-refractivity contribution in [1.82, 2.24) is 15.5 Å². The van der Waals surface area contributed by atoms with Gasteiger partial charge in [-0.25, -0.2) is 0 Å². The van der Waals surface area contributed by atoms with Crippen LogP contribution in [0.15, 0.2) is 29.3 Å². The zero-order valence-electron chi connectivity index (χ0n) is 19.4. The minimum Gasteiger partial charge on any atom is -0.377 e. The lowest BCUT2D eigenvalue weighted by Gasteiger charge is -2.40. The van der Waals surface area contributed by atoms with E-state index in [0.717, 1.165) is 38.5 Å². The average Bonchev–Trinajstić information content (AvgIpc) is 3.13. The van der Waals surface area contributed by atoms with Crippen molar-refractivity contribution in [1.29, 1.82) is 0 Å². The van der Waals surface area contributed by atoms with Gasteiger partial charge in [0.2, 0.25) is 5.91 Å². The van der Waals surface area contributed by atoms with E-state index in [0.29, 0.717) is 25.4 Å². The molecule has 3 rings (SSSR count). The molecule has 1 aromatic carbocycles. The van der Waals surface area contributed by atoms with Crippen LogP contribution in [0.4, 0.5) is 0 Å². The van der Waals surface area contributed by atoms with Gasteiger partial charge in [0, 0.05) is 52.2 Å². The average molecular weight is 543 g/mol. The molecule has 0 bridgehead atoms. The Labute approximate surface area is 204 Å². The van der Waals surface area contributed by atoms with Gasteiger partial charge in [0.05, 0.1) is 6.10 Å². The van der Waals surface area contributed by atoms with E-state index in [2.05, 4.69) is 54.6 Å². The Balaban J connectivity index is 0.00000341. The van der Waals surface area contributed by atoms with E-state index in [1.54, 1.807) is 0 Å². The third-order valence-corrected chi connectivity index (χ3v) is 6.15. The van der Waals surface area contributed by atoms with Crippen LogP contribution in [0.5, 0.6) is 0 Å². The Bertz CT molecular complexity index is 747. The Morgan fingerprint density at radius 1 is 1.19 bits per heavy atom. The number of aliphatic imine (C=N–C) groups is 1. The quantitative estimate of drug-likeness (QED) is 0.325. The third-order valence-electron chi connectivity index (χ3n) is 6.15. The number of nitrogens with one attached hydrogen (secondary N) is 2. The van der Waals surface area contributed by atoms with E-state index in [9.17, 15) is 4.79 Å². The van der Waals surface area contributed by atoms with Gasteiger partial charge < -0.3 is 20.3 Å². The van der Waals surface area contributed by atoms with Crippen LogP contribution in [0.3, 0.4) is 0 Å². The van der Waals surface area contributed by atoms with Crippen molar-refractivity contribution in [2.45, 2.75) is 65.6 Å². The van der Waals surface area contributed by atoms with Gasteiger partial charge in [0.1, 0.15) is 0 Å². The van der Waals surface area contributed by atoms with Crippen LogP contribution in [0, 0.1) is 11.3 Å². The summed E-state index contributed by atoms with van der Waals surface area (Å²) in [4.78, 5) is 18.4. The van der Waals surface area contributed by atoms with E-state index in [4.69, 9.17) is 4.74 Å². The van der Waals surface area contributed by atoms with E-state index in [1.165, 1.54) is 17.5 Å². The summed E-state index contributed by atoms with van der Waals surface area (Å²) in [6.07, 6.45) is 4.20. The molecule has 2 fully saturated rings. The Kier molecular flexibility index (Phi) is 10.1. The van der Waals surface area contributed by atoms with E-state index in [1.807, 2.05) is 18.0 Å². The number of amides is 1. The number of likely N-dealkylation sites (tertiary alicyclic amines) is 1. The smallest absolute Gasteiger partial charge is 0.222 e. The number of ether oxygens (including phenoxy) is 1. The molecule has 2 unspecified atom stereocenters. The normalized spacial score (nSPS) is 22.3. The fourth-order valence-electron chi connectivity index (χ4n) is 4.60. The zero-order valence-corrected chi connectivity index (χ0v) is 21.8. The van der Waals surface area contributed by atoms with Gasteiger partial charge in [-0.1, -0.05) is 45.0 Å². The number of carbonyl (C=O) groups is 1. The summed E-state index contributed by atoms with van der Waals surface area (Å²) in [5.41, 5.74) is 2.54. The number of carbonyl (C=O) groups excluding carboxylic acids is 1. The Morgan fingerprint density at radius 3 is 2.58 bits per heavy atom. The summed E-state index contributed by atoms with van der Waals surface area (Å²) in [5, 5.41) is 6.96. The van der Waals surface area contributed by atoms with Crippen molar-refractivity contribution in [2.75, 3.05) is 26.7 Å². The van der Waals surface area contributed by atoms with Crippen molar-refractivity contribution < 1.29 is 9.53 Å². The molecule has 2 aliphatic rings. The second-order valence-corrected chi connectivity index (χ2v) is 9.55. The first-order chi connectivity index (χ1) is 14.4. The van der Waals surface area contributed by atoms with Crippen LogP contribution in [0.1, 0.15) is 57.6 Å². The van der Waals surface area contributed by atoms with Crippen LogP contribution >= 0.6 is 24.0 Å². The molecule has 2 saturated heterocycles. The van der Waals surface area contributed by atoms with Gasteiger partial charge in [-0.3, -0.25) is 9.79 Å². The molecule has 7 heteroatoms. The fraction of sp³-hybridized carbons (Fsp3) is 0.667. The highest BCUT2D eigenvalue weighted by atomic mass is 127. The Hall–Kier alpha value is -1.35. The van der Waals surface area contributed by atoms with E-state index in [-0.39, 0.29) is 41.4 Å². The maximum Gasteiger partial charge on any atom is 0.222 e. The molecule has 0 saturated carbocycles. The van der Waals surface area contributed by atoms with Crippen molar-refractivity contribution in [3.63, 3.8) is 0 Å². The summed E-state index contributed by atoms with van der Waals surface area (Å²) in [6.45, 7) is 10.7.